The zero-order valence-electron chi connectivity index (χ0n) is 27.6. The molecule has 0 bridgehead atoms. The van der Waals surface area contributed by atoms with Crippen molar-refractivity contribution in [1.29, 1.82) is 0 Å². The summed E-state index contributed by atoms with van der Waals surface area (Å²) < 4.78 is 0. The number of amides is 2. The third-order valence-corrected chi connectivity index (χ3v) is 11.5. The smallest absolute Gasteiger partial charge is 0.234 e. The summed E-state index contributed by atoms with van der Waals surface area (Å²) in [5.74, 6) is -4.17. The van der Waals surface area contributed by atoms with Gasteiger partial charge >= 0.3 is 0 Å². The number of Topliss-reactive ketones (excluding diaryl/α,β-unsaturated/α-hetero) is 1. The van der Waals surface area contributed by atoms with Gasteiger partial charge in [0.1, 0.15) is 5.75 Å². The van der Waals surface area contributed by atoms with Crippen molar-refractivity contribution >= 4 is 29.0 Å². The Bertz CT molecular complexity index is 2100. The van der Waals surface area contributed by atoms with Crippen LogP contribution in [0.3, 0.4) is 0 Å². The number of ketones is 2. The number of para-hydroxylation sites is 1. The number of hydrogen-bond acceptors (Lipinski definition) is 5. The number of nitrogens with zero attached hydrogens (tertiary/aromatic N) is 1. The van der Waals surface area contributed by atoms with Gasteiger partial charge in [-0.1, -0.05) is 127 Å². The van der Waals surface area contributed by atoms with Gasteiger partial charge in [0.25, 0.3) is 0 Å². The van der Waals surface area contributed by atoms with Crippen LogP contribution >= 0.6 is 0 Å². The van der Waals surface area contributed by atoms with Crippen LogP contribution in [0.4, 0.5) is 0 Å². The number of likely N-dealkylation sites (tertiary alicyclic amines) is 1. The zero-order valence-corrected chi connectivity index (χ0v) is 27.6. The lowest BCUT2D eigenvalue weighted by Gasteiger charge is -2.55. The van der Waals surface area contributed by atoms with Gasteiger partial charge in [-0.25, -0.2) is 0 Å². The molecule has 4 aromatic carbocycles. The lowest BCUT2D eigenvalue weighted by Crippen LogP contribution is -2.58. The molecule has 248 valence electrons. The molecule has 1 saturated heterocycles. The molecule has 1 aliphatic heterocycles. The van der Waals surface area contributed by atoms with Gasteiger partial charge in [0.15, 0.2) is 11.6 Å². The molecular formula is C44H37NO5. The molecule has 3 aliphatic carbocycles. The number of carbonyl (C=O) groups excluding carboxylic acids is 4. The Morgan fingerprint density at radius 2 is 1.48 bits per heavy atom. The van der Waals surface area contributed by atoms with Crippen LogP contribution in [-0.4, -0.2) is 33.4 Å². The molecule has 6 heteroatoms. The van der Waals surface area contributed by atoms with E-state index in [0.29, 0.717) is 40.7 Å². The number of fused-ring (bicyclic) bond motifs is 4. The Balaban J connectivity index is 1.35. The normalized spacial score (nSPS) is 27.2. The molecule has 2 fully saturated rings. The highest BCUT2D eigenvalue weighted by molar-refractivity contribution is 6.31. The van der Waals surface area contributed by atoms with Crippen molar-refractivity contribution < 1.29 is 24.3 Å². The summed E-state index contributed by atoms with van der Waals surface area (Å²) in [4.78, 5) is 60.0. The van der Waals surface area contributed by atoms with Gasteiger partial charge in [0, 0.05) is 23.0 Å². The van der Waals surface area contributed by atoms with E-state index in [0.717, 1.165) is 11.1 Å². The molecule has 50 heavy (non-hydrogen) atoms. The second-order valence-electron chi connectivity index (χ2n) is 13.9. The van der Waals surface area contributed by atoms with Crippen molar-refractivity contribution in [3.05, 3.63) is 167 Å². The van der Waals surface area contributed by atoms with E-state index in [2.05, 4.69) is 6.58 Å². The third-order valence-electron chi connectivity index (χ3n) is 11.5. The van der Waals surface area contributed by atoms with Crippen LogP contribution in [0.5, 0.6) is 5.75 Å². The standard InChI is InChI=1S/C44H37NO5/c1-2-13-29-18-12-21-33(40(29)47)39-31-22-23-32-38(43(50)45(42(32)49)26-27-14-6-3-7-15-27)35(31)24-36-41(48)34(28-16-8-4-9-17-28)25-37(46)44(36,39)30-19-10-5-11-20-30/h2-12,14-22,25,32,35-36,38-39,47H,1,13,23-24,26H2. The van der Waals surface area contributed by atoms with Gasteiger partial charge < -0.3 is 5.11 Å². The molecule has 0 radical (unpaired) electrons. The fourth-order valence-corrected chi connectivity index (χ4v) is 9.37. The van der Waals surface area contributed by atoms with E-state index < -0.39 is 35.0 Å². The van der Waals surface area contributed by atoms with Gasteiger partial charge in [-0.2, -0.15) is 0 Å². The van der Waals surface area contributed by atoms with Gasteiger partial charge in [-0.05, 0) is 53.5 Å². The summed E-state index contributed by atoms with van der Waals surface area (Å²) in [5.41, 5.74) is 3.17. The number of hydrogen-bond donors (Lipinski definition) is 1. The third kappa shape index (κ3) is 4.69. The monoisotopic (exact) mass is 659 g/mol. The van der Waals surface area contributed by atoms with Crippen molar-refractivity contribution in [2.75, 3.05) is 0 Å². The van der Waals surface area contributed by atoms with E-state index in [4.69, 9.17) is 0 Å². The number of aromatic hydroxyl groups is 1. The van der Waals surface area contributed by atoms with Crippen LogP contribution < -0.4 is 0 Å². The highest BCUT2D eigenvalue weighted by atomic mass is 16.3. The predicted octanol–water partition coefficient (Wildman–Crippen LogP) is 7.15. The molecule has 1 N–H and O–H groups in total. The molecular weight excluding hydrogens is 622 g/mol. The molecule has 1 heterocycles. The first-order valence-corrected chi connectivity index (χ1v) is 17.3. The highest BCUT2D eigenvalue weighted by Crippen LogP contribution is 2.64. The largest absolute Gasteiger partial charge is 0.507 e. The number of rotatable bonds is 7. The Morgan fingerprint density at radius 1 is 0.800 bits per heavy atom. The van der Waals surface area contributed by atoms with E-state index in [1.165, 1.54) is 11.0 Å². The highest BCUT2D eigenvalue weighted by Gasteiger charge is 2.66. The van der Waals surface area contributed by atoms with Crippen LogP contribution in [0.15, 0.2) is 140 Å². The van der Waals surface area contributed by atoms with Crippen LogP contribution in [0.2, 0.25) is 0 Å². The Labute approximate surface area is 291 Å². The molecule has 8 rings (SSSR count). The second-order valence-corrected chi connectivity index (χ2v) is 13.9. The summed E-state index contributed by atoms with van der Waals surface area (Å²) in [6, 6.07) is 33.7. The number of phenolic OH excluding ortho intramolecular Hbond substituents is 1. The van der Waals surface area contributed by atoms with Crippen molar-refractivity contribution in [1.82, 2.24) is 4.90 Å². The second kappa shape index (κ2) is 12.4. The molecule has 0 spiro atoms. The van der Waals surface area contributed by atoms with E-state index in [9.17, 15) is 14.7 Å². The number of benzene rings is 4. The number of allylic oxidation sites excluding steroid dienone is 5. The lowest BCUT2D eigenvalue weighted by atomic mass is 9.44. The summed E-state index contributed by atoms with van der Waals surface area (Å²) in [7, 11) is 0. The van der Waals surface area contributed by atoms with Crippen molar-refractivity contribution in [3.8, 4) is 5.75 Å². The minimum atomic E-state index is -1.40. The van der Waals surface area contributed by atoms with E-state index >= 15 is 9.59 Å². The Kier molecular flexibility index (Phi) is 7.82. The van der Waals surface area contributed by atoms with E-state index in [-0.39, 0.29) is 42.1 Å². The first-order chi connectivity index (χ1) is 24.4. The quantitative estimate of drug-likeness (QED) is 0.168. The molecule has 6 atom stereocenters. The molecule has 6 unspecified atom stereocenters. The maximum Gasteiger partial charge on any atom is 0.234 e. The van der Waals surface area contributed by atoms with E-state index in [1.54, 1.807) is 6.08 Å². The molecule has 4 aliphatic rings. The average molecular weight is 660 g/mol. The minimum Gasteiger partial charge on any atom is -0.507 e. The number of phenols is 1. The fourth-order valence-electron chi connectivity index (χ4n) is 9.37. The van der Waals surface area contributed by atoms with Crippen molar-refractivity contribution in [2.24, 2.45) is 23.7 Å². The molecule has 4 aromatic rings. The maximum absolute atomic E-state index is 15.2. The van der Waals surface area contributed by atoms with Crippen molar-refractivity contribution in [3.63, 3.8) is 0 Å². The minimum absolute atomic E-state index is 0.0488. The van der Waals surface area contributed by atoms with Gasteiger partial charge in [0.2, 0.25) is 11.8 Å². The van der Waals surface area contributed by atoms with Crippen LogP contribution in [0, 0.1) is 23.7 Å². The molecule has 2 amide bonds. The SMILES string of the molecule is C=CCc1cccc(C2C3=CCC4C(=O)N(Cc5ccccc5)C(=O)C4C3CC3C(=O)C(c4ccccc4)=CC(=O)C32c2ccccc2)c1O. The maximum atomic E-state index is 15.2. The Morgan fingerprint density at radius 3 is 2.18 bits per heavy atom. The van der Waals surface area contributed by atoms with Crippen LogP contribution in [0.25, 0.3) is 5.57 Å². The molecule has 0 aromatic heterocycles. The summed E-state index contributed by atoms with van der Waals surface area (Å²) in [5, 5.41) is 12.0. The fraction of sp³-hybridized carbons (Fsp3) is 0.227. The molecule has 1 saturated carbocycles. The number of imide groups is 1. The van der Waals surface area contributed by atoms with Crippen LogP contribution in [-0.2, 0) is 37.6 Å². The zero-order chi connectivity index (χ0) is 34.6. The summed E-state index contributed by atoms with van der Waals surface area (Å²) >= 11 is 0. The number of carbonyl (C=O) groups is 4. The van der Waals surface area contributed by atoms with Gasteiger partial charge in [0.05, 0.1) is 23.8 Å². The van der Waals surface area contributed by atoms with Gasteiger partial charge in [-0.15, -0.1) is 6.58 Å². The first-order valence-electron chi connectivity index (χ1n) is 17.3. The van der Waals surface area contributed by atoms with Crippen molar-refractivity contribution in [2.45, 2.75) is 37.1 Å². The van der Waals surface area contributed by atoms with E-state index in [1.807, 2.05) is 115 Å². The topological polar surface area (TPSA) is 91.8 Å². The predicted molar refractivity (Wildman–Crippen MR) is 191 cm³/mol. The average Bonchev–Trinajstić information content (AvgIpc) is 3.39. The van der Waals surface area contributed by atoms with Gasteiger partial charge in [-0.3, -0.25) is 24.1 Å². The summed E-state index contributed by atoms with van der Waals surface area (Å²) in [6.45, 7) is 4.05. The summed E-state index contributed by atoms with van der Waals surface area (Å²) in [6.07, 6.45) is 6.21. The first kappa shape index (κ1) is 31.6. The molecule has 6 nitrogen and oxygen atoms in total. The Hall–Kier alpha value is -5.62. The van der Waals surface area contributed by atoms with Crippen LogP contribution in [0.1, 0.15) is 46.6 Å². The lowest BCUT2D eigenvalue weighted by molar-refractivity contribution is -0.141.